The number of primary amides is 1. The Morgan fingerprint density at radius 2 is 2.04 bits per heavy atom. The minimum Gasteiger partial charge on any atom is -0.467 e. The van der Waals surface area contributed by atoms with Gasteiger partial charge in [-0.25, -0.2) is 14.4 Å². The molecule has 10 heteroatoms. The van der Waals surface area contributed by atoms with Crippen LogP contribution in [0.4, 0.5) is 9.59 Å². The van der Waals surface area contributed by atoms with E-state index < -0.39 is 30.1 Å². The van der Waals surface area contributed by atoms with Crippen molar-refractivity contribution in [2.24, 2.45) is 5.73 Å². The third-order valence-electron chi connectivity index (χ3n) is 4.65. The number of aromatic nitrogens is 2. The summed E-state index contributed by atoms with van der Waals surface area (Å²) in [5, 5.41) is 5.30. The number of ether oxygens (including phenoxy) is 1. The molecule has 3 amide bonds. The molecule has 2 N–H and O–H groups in total. The third-order valence-corrected chi connectivity index (χ3v) is 4.65. The molecule has 1 aromatic carbocycles. The van der Waals surface area contributed by atoms with Crippen LogP contribution in [-0.2, 0) is 21.0 Å². The lowest BCUT2D eigenvalue weighted by Gasteiger charge is -2.27. The molecular weight excluding hydrogens is 354 g/mol. The molecule has 2 aliphatic heterocycles. The fraction of sp³-hybridized carbons (Fsp3) is 0.294. The standard InChI is InChI=1S/C17H17N5O5/c1-26-15(23)14-13-11(7-21(19-13)16(18)24)12-8-20(14)17(25)22(12)27-9-10-5-3-2-4-6-10/h2-7,12,14H,8-9H2,1H3,(H2,18,24)/t12-,14-/m0/s1. The van der Waals surface area contributed by atoms with Crippen LogP contribution in [0.1, 0.15) is 28.9 Å². The van der Waals surface area contributed by atoms with Crippen LogP contribution in [0.3, 0.4) is 0 Å². The van der Waals surface area contributed by atoms with Crippen molar-refractivity contribution in [1.29, 1.82) is 0 Å². The summed E-state index contributed by atoms with van der Waals surface area (Å²) in [4.78, 5) is 43.7. The van der Waals surface area contributed by atoms with Gasteiger partial charge < -0.3 is 15.4 Å². The minimum absolute atomic E-state index is 0.180. The summed E-state index contributed by atoms with van der Waals surface area (Å²) < 4.78 is 5.77. The molecule has 1 saturated heterocycles. The zero-order chi connectivity index (χ0) is 19.1. The summed E-state index contributed by atoms with van der Waals surface area (Å²) in [5.74, 6) is -0.650. The maximum absolute atomic E-state index is 12.8. The number of amides is 3. The normalized spacial score (nSPS) is 20.6. The minimum atomic E-state index is -1.06. The quantitative estimate of drug-likeness (QED) is 0.799. The Balaban J connectivity index is 1.68. The zero-order valence-electron chi connectivity index (χ0n) is 14.4. The van der Waals surface area contributed by atoms with Gasteiger partial charge in [-0.2, -0.15) is 14.8 Å². The Morgan fingerprint density at radius 1 is 1.30 bits per heavy atom. The number of hydroxylamine groups is 2. The number of nitrogens with two attached hydrogens (primary N) is 1. The van der Waals surface area contributed by atoms with Gasteiger partial charge in [0.1, 0.15) is 18.3 Å². The molecule has 1 aromatic heterocycles. The highest BCUT2D eigenvalue weighted by molar-refractivity contribution is 5.88. The summed E-state index contributed by atoms with van der Waals surface area (Å²) in [6.45, 7) is 0.393. The maximum Gasteiger partial charge on any atom is 0.345 e. The predicted octanol–water partition coefficient (Wildman–Crippen LogP) is 0.948. The van der Waals surface area contributed by atoms with Crippen molar-refractivity contribution in [3.05, 3.63) is 53.3 Å². The molecule has 3 heterocycles. The first-order valence-electron chi connectivity index (χ1n) is 8.25. The van der Waals surface area contributed by atoms with E-state index in [0.717, 1.165) is 10.2 Å². The molecule has 10 nitrogen and oxygen atoms in total. The van der Waals surface area contributed by atoms with Gasteiger partial charge in [0.15, 0.2) is 6.04 Å². The molecule has 2 aliphatic rings. The highest BCUT2D eigenvalue weighted by Gasteiger charge is 2.53. The summed E-state index contributed by atoms with van der Waals surface area (Å²) in [7, 11) is 1.23. The van der Waals surface area contributed by atoms with Crippen LogP contribution >= 0.6 is 0 Å². The monoisotopic (exact) mass is 371 g/mol. The summed E-state index contributed by atoms with van der Waals surface area (Å²) >= 11 is 0. The number of rotatable bonds is 4. The van der Waals surface area contributed by atoms with Crippen molar-refractivity contribution in [3.63, 3.8) is 0 Å². The average Bonchev–Trinajstić information content (AvgIpc) is 3.23. The van der Waals surface area contributed by atoms with Gasteiger partial charge in [-0.15, -0.1) is 0 Å². The number of benzene rings is 1. The van der Waals surface area contributed by atoms with Crippen molar-refractivity contribution in [2.45, 2.75) is 18.7 Å². The Kier molecular flexibility index (Phi) is 4.04. The number of fused-ring (bicyclic) bond motifs is 4. The fourth-order valence-electron chi connectivity index (χ4n) is 3.38. The molecule has 0 unspecified atom stereocenters. The van der Waals surface area contributed by atoms with Crippen LogP contribution in [0.5, 0.6) is 0 Å². The Morgan fingerprint density at radius 3 is 2.70 bits per heavy atom. The first-order valence-corrected chi connectivity index (χ1v) is 8.25. The van der Waals surface area contributed by atoms with E-state index in [9.17, 15) is 14.4 Å². The molecule has 0 aliphatic carbocycles. The van der Waals surface area contributed by atoms with E-state index in [0.29, 0.717) is 5.56 Å². The van der Waals surface area contributed by atoms with Crippen molar-refractivity contribution < 1.29 is 24.0 Å². The largest absolute Gasteiger partial charge is 0.467 e. The Hall–Kier alpha value is -3.40. The average molecular weight is 371 g/mol. The van der Waals surface area contributed by atoms with Gasteiger partial charge in [-0.1, -0.05) is 30.3 Å². The maximum atomic E-state index is 12.8. The molecule has 0 spiro atoms. The first-order chi connectivity index (χ1) is 13.0. The predicted molar refractivity (Wildman–Crippen MR) is 89.9 cm³/mol. The Labute approximate surface area is 154 Å². The van der Waals surface area contributed by atoms with E-state index in [-0.39, 0.29) is 18.8 Å². The second-order valence-corrected chi connectivity index (χ2v) is 6.21. The molecule has 1 fully saturated rings. The molecule has 2 atom stereocenters. The Bertz CT molecular complexity index is 912. The topological polar surface area (TPSA) is 120 Å². The van der Waals surface area contributed by atoms with E-state index >= 15 is 0 Å². The van der Waals surface area contributed by atoms with Gasteiger partial charge in [-0.3, -0.25) is 4.84 Å². The van der Waals surface area contributed by atoms with Gasteiger partial charge in [0, 0.05) is 11.8 Å². The van der Waals surface area contributed by atoms with Gasteiger partial charge in [0.25, 0.3) is 0 Å². The number of carbonyl (C=O) groups excluding carboxylic acids is 3. The summed E-state index contributed by atoms with van der Waals surface area (Å²) in [6.07, 6.45) is 1.42. The van der Waals surface area contributed by atoms with Crippen LogP contribution in [0.15, 0.2) is 36.5 Å². The lowest BCUT2D eigenvalue weighted by molar-refractivity contribution is -0.146. The lowest BCUT2D eigenvalue weighted by atomic mass is 9.98. The van der Waals surface area contributed by atoms with Crippen LogP contribution in [0, 0.1) is 0 Å². The number of urea groups is 1. The number of hydrogen-bond donors (Lipinski definition) is 1. The molecule has 140 valence electrons. The molecule has 4 rings (SSSR count). The van der Waals surface area contributed by atoms with Crippen LogP contribution < -0.4 is 5.73 Å². The van der Waals surface area contributed by atoms with E-state index in [1.54, 1.807) is 0 Å². The summed E-state index contributed by atoms with van der Waals surface area (Å²) in [6, 6.07) is 6.56. The van der Waals surface area contributed by atoms with E-state index in [1.165, 1.54) is 23.3 Å². The van der Waals surface area contributed by atoms with E-state index in [1.807, 2.05) is 30.3 Å². The van der Waals surface area contributed by atoms with E-state index in [4.69, 9.17) is 15.3 Å². The van der Waals surface area contributed by atoms with E-state index in [2.05, 4.69) is 5.10 Å². The smallest absolute Gasteiger partial charge is 0.345 e. The molecule has 0 saturated carbocycles. The SMILES string of the molecule is COC(=O)[C@@H]1c2nn(C(N)=O)cc2[C@@H]2CN1C(=O)N2OCc1ccccc1. The van der Waals surface area contributed by atoms with Crippen molar-refractivity contribution in [2.75, 3.05) is 13.7 Å². The lowest BCUT2D eigenvalue weighted by Crippen LogP contribution is -2.39. The van der Waals surface area contributed by atoms with Crippen LogP contribution in [0.2, 0.25) is 0 Å². The van der Waals surface area contributed by atoms with Crippen LogP contribution in [0.25, 0.3) is 0 Å². The number of nitrogens with zero attached hydrogens (tertiary/aromatic N) is 4. The highest BCUT2D eigenvalue weighted by atomic mass is 16.7. The van der Waals surface area contributed by atoms with Gasteiger partial charge in [0.2, 0.25) is 0 Å². The molecule has 0 radical (unpaired) electrons. The fourth-order valence-corrected chi connectivity index (χ4v) is 3.38. The van der Waals surface area contributed by atoms with Crippen molar-refractivity contribution in [1.82, 2.24) is 19.7 Å². The highest BCUT2D eigenvalue weighted by Crippen LogP contribution is 2.43. The van der Waals surface area contributed by atoms with Crippen molar-refractivity contribution >= 4 is 18.0 Å². The van der Waals surface area contributed by atoms with Crippen molar-refractivity contribution in [3.8, 4) is 0 Å². The number of carbonyl (C=O) groups is 3. The molecule has 27 heavy (non-hydrogen) atoms. The number of esters is 1. The number of methoxy groups -OCH3 is 1. The third kappa shape index (κ3) is 2.70. The van der Waals surface area contributed by atoms with Gasteiger partial charge in [-0.05, 0) is 5.56 Å². The second kappa shape index (κ2) is 6.40. The molecule has 2 bridgehead atoms. The van der Waals surface area contributed by atoms with Gasteiger partial charge in [0.05, 0.1) is 13.7 Å². The van der Waals surface area contributed by atoms with Gasteiger partial charge >= 0.3 is 18.0 Å². The second-order valence-electron chi connectivity index (χ2n) is 6.21. The summed E-state index contributed by atoms with van der Waals surface area (Å²) in [5.41, 5.74) is 6.97. The first kappa shape index (κ1) is 17.0. The molecular formula is C17H17N5O5. The zero-order valence-corrected chi connectivity index (χ0v) is 14.4. The van der Waals surface area contributed by atoms with Crippen LogP contribution in [-0.4, -0.2) is 51.4 Å². The molecule has 2 aromatic rings. The number of hydrogen-bond acceptors (Lipinski definition) is 6.